The van der Waals surface area contributed by atoms with E-state index in [4.69, 9.17) is 5.73 Å². The molecule has 2 unspecified atom stereocenters. The van der Waals surface area contributed by atoms with E-state index in [1.54, 1.807) is 18.2 Å². The largest absolute Gasteiger partial charge is 0.479 e. The van der Waals surface area contributed by atoms with Gasteiger partial charge in [0.25, 0.3) is 0 Å². The van der Waals surface area contributed by atoms with Crippen LogP contribution in [0.5, 0.6) is 0 Å². The molecular weight excluding hydrogens is 288 g/mol. The summed E-state index contributed by atoms with van der Waals surface area (Å²) in [6.07, 6.45) is 1.92. The van der Waals surface area contributed by atoms with Gasteiger partial charge in [0.15, 0.2) is 0 Å². The molecule has 0 amide bonds. The van der Waals surface area contributed by atoms with E-state index in [1.165, 1.54) is 12.1 Å². The minimum absolute atomic E-state index is 0.0507. The summed E-state index contributed by atoms with van der Waals surface area (Å²) in [6.45, 7) is 1.92. The number of hydrogen-bond donors (Lipinski definition) is 2. The number of unbranched alkanes of at least 4 members (excludes halogenated alkanes) is 2. The zero-order valence-electron chi connectivity index (χ0n) is 12.4. The van der Waals surface area contributed by atoms with Crippen molar-refractivity contribution in [1.29, 1.82) is 0 Å². The van der Waals surface area contributed by atoms with Crippen LogP contribution >= 0.6 is 0 Å². The van der Waals surface area contributed by atoms with Gasteiger partial charge in [-0.15, -0.1) is 0 Å². The van der Waals surface area contributed by atoms with Crippen molar-refractivity contribution >= 4 is 11.8 Å². The van der Waals surface area contributed by atoms with Crippen molar-refractivity contribution in [2.45, 2.75) is 44.2 Å². The van der Waals surface area contributed by atoms with Gasteiger partial charge >= 0.3 is 5.97 Å². The highest BCUT2D eigenvalue weighted by molar-refractivity contribution is 6.16. The van der Waals surface area contributed by atoms with Crippen molar-refractivity contribution in [3.05, 3.63) is 46.0 Å². The molecule has 120 valence electrons. The van der Waals surface area contributed by atoms with E-state index in [-0.39, 0.29) is 12.0 Å². The van der Waals surface area contributed by atoms with Crippen molar-refractivity contribution in [2.75, 3.05) is 0 Å². The summed E-state index contributed by atoms with van der Waals surface area (Å²) in [5.41, 5.74) is 3.23. The number of nitro groups is 1. The highest BCUT2D eigenvalue weighted by atomic mass is 16.6. The molecule has 0 bridgehead atoms. The zero-order chi connectivity index (χ0) is 16.8. The van der Waals surface area contributed by atoms with Gasteiger partial charge in [-0.25, -0.2) is 4.79 Å². The predicted molar refractivity (Wildman–Crippen MR) is 80.3 cm³/mol. The van der Waals surface area contributed by atoms with Crippen molar-refractivity contribution in [3.63, 3.8) is 0 Å². The molecule has 3 N–H and O–H groups in total. The van der Waals surface area contributed by atoms with E-state index in [0.717, 1.165) is 6.42 Å². The summed E-state index contributed by atoms with van der Waals surface area (Å²) in [4.78, 5) is 34.6. The molecule has 0 aliphatic heterocycles. The third-order valence-electron chi connectivity index (χ3n) is 3.63. The Labute approximate surface area is 128 Å². The second kappa shape index (κ2) is 7.65. The lowest BCUT2D eigenvalue weighted by Crippen LogP contribution is -2.65. The molecule has 0 spiro atoms. The lowest BCUT2D eigenvalue weighted by molar-refractivity contribution is -0.529. The second-order valence-electron chi connectivity index (χ2n) is 5.17. The van der Waals surface area contributed by atoms with Crippen LogP contribution in [0.25, 0.3) is 0 Å². The van der Waals surface area contributed by atoms with Crippen molar-refractivity contribution in [2.24, 2.45) is 5.73 Å². The molecule has 22 heavy (non-hydrogen) atoms. The topological polar surface area (TPSA) is 124 Å². The van der Waals surface area contributed by atoms with Gasteiger partial charge in [-0.1, -0.05) is 50.1 Å². The van der Waals surface area contributed by atoms with E-state index in [2.05, 4.69) is 0 Å². The summed E-state index contributed by atoms with van der Waals surface area (Å²) in [7, 11) is 0. The number of benzene rings is 1. The number of ketones is 1. The van der Waals surface area contributed by atoms with Gasteiger partial charge in [-0.05, 0) is 6.42 Å². The lowest BCUT2D eigenvalue weighted by atomic mass is 9.81. The average Bonchev–Trinajstić information content (AvgIpc) is 2.50. The molecule has 0 saturated heterocycles. The molecule has 2 atom stereocenters. The maximum Gasteiger partial charge on any atom is 0.339 e. The number of aliphatic carboxylic acids is 1. The maximum absolute atomic E-state index is 12.5. The number of carboxylic acid groups (broad SMARTS) is 1. The first-order valence-corrected chi connectivity index (χ1v) is 7.11. The Bertz CT molecular complexity index is 546. The van der Waals surface area contributed by atoms with Crippen LogP contribution in [0.15, 0.2) is 30.3 Å². The molecule has 0 aliphatic rings. The SMILES string of the molecule is CCCCCC([N+](=O)[O-])C(N)(C(=O)O)C(=O)c1ccccc1. The minimum atomic E-state index is -2.57. The summed E-state index contributed by atoms with van der Waals surface area (Å²) in [6, 6.07) is 5.89. The van der Waals surface area contributed by atoms with Gasteiger partial charge in [-0.3, -0.25) is 14.9 Å². The van der Waals surface area contributed by atoms with Crippen LogP contribution in [-0.2, 0) is 4.79 Å². The number of carbonyl (C=O) groups excluding carboxylic acids is 1. The Morgan fingerprint density at radius 3 is 2.36 bits per heavy atom. The van der Waals surface area contributed by atoms with Crippen molar-refractivity contribution in [1.82, 2.24) is 0 Å². The van der Waals surface area contributed by atoms with Gasteiger partial charge in [0, 0.05) is 16.9 Å². The molecule has 1 aromatic rings. The number of carbonyl (C=O) groups is 2. The molecule has 1 rings (SSSR count). The van der Waals surface area contributed by atoms with E-state index < -0.39 is 28.3 Å². The second-order valence-corrected chi connectivity index (χ2v) is 5.17. The number of Topliss-reactive ketones (excluding diaryl/α,β-unsaturated/α-hetero) is 1. The summed E-state index contributed by atoms with van der Waals surface area (Å²) in [5.74, 6) is -2.63. The number of nitrogens with two attached hydrogens (primary N) is 1. The molecule has 0 fully saturated rings. The fourth-order valence-corrected chi connectivity index (χ4v) is 2.31. The molecular formula is C15H20N2O5. The van der Waals surface area contributed by atoms with E-state index >= 15 is 0 Å². The number of rotatable bonds is 9. The van der Waals surface area contributed by atoms with Gasteiger partial charge in [0.1, 0.15) is 0 Å². The van der Waals surface area contributed by atoms with Crippen LogP contribution in [0, 0.1) is 10.1 Å². The normalized spacial score (nSPS) is 14.8. The van der Waals surface area contributed by atoms with Gasteiger partial charge in [-0.2, -0.15) is 0 Å². The Kier molecular flexibility index (Phi) is 6.18. The quantitative estimate of drug-likeness (QED) is 0.236. The highest BCUT2D eigenvalue weighted by Crippen LogP contribution is 2.22. The molecule has 7 nitrogen and oxygen atoms in total. The van der Waals surface area contributed by atoms with E-state index in [0.29, 0.717) is 12.8 Å². The van der Waals surface area contributed by atoms with E-state index in [9.17, 15) is 24.8 Å². The fraction of sp³-hybridized carbons (Fsp3) is 0.467. The van der Waals surface area contributed by atoms with Gasteiger partial charge in [0.05, 0.1) is 0 Å². The lowest BCUT2D eigenvalue weighted by Gasteiger charge is -2.26. The Balaban J connectivity index is 3.19. The Morgan fingerprint density at radius 1 is 1.32 bits per heavy atom. The first-order valence-electron chi connectivity index (χ1n) is 7.11. The molecule has 1 aromatic carbocycles. The zero-order valence-corrected chi connectivity index (χ0v) is 12.4. The highest BCUT2D eigenvalue weighted by Gasteiger charge is 2.56. The standard InChI is InChI=1S/C15H20N2O5/c1-2-3-5-10-12(17(21)22)15(16,14(19)20)13(18)11-8-6-4-7-9-11/h4,6-9,12H,2-3,5,10,16H2,1H3,(H,19,20). The summed E-state index contributed by atoms with van der Waals surface area (Å²) in [5, 5.41) is 20.7. The number of hydrogen-bond acceptors (Lipinski definition) is 5. The van der Waals surface area contributed by atoms with Gasteiger partial charge < -0.3 is 10.8 Å². The Morgan fingerprint density at radius 2 is 1.91 bits per heavy atom. The first kappa shape index (κ1) is 17.8. The summed E-state index contributed by atoms with van der Waals surface area (Å²) >= 11 is 0. The molecule has 0 aromatic heterocycles. The molecule has 0 radical (unpaired) electrons. The molecule has 0 saturated carbocycles. The van der Waals surface area contributed by atoms with E-state index in [1.807, 2.05) is 6.92 Å². The van der Waals surface area contributed by atoms with Crippen LogP contribution in [0.4, 0.5) is 0 Å². The third kappa shape index (κ3) is 3.67. The smallest absolute Gasteiger partial charge is 0.339 e. The minimum Gasteiger partial charge on any atom is -0.479 e. The van der Waals surface area contributed by atoms with Crippen LogP contribution in [0.2, 0.25) is 0 Å². The average molecular weight is 308 g/mol. The van der Waals surface area contributed by atoms with Crippen molar-refractivity contribution in [3.8, 4) is 0 Å². The van der Waals surface area contributed by atoms with Crippen LogP contribution < -0.4 is 5.73 Å². The molecule has 0 heterocycles. The third-order valence-corrected chi connectivity index (χ3v) is 3.63. The molecule has 0 aliphatic carbocycles. The first-order chi connectivity index (χ1) is 10.4. The molecule has 7 heteroatoms. The predicted octanol–water partition coefficient (Wildman–Crippen LogP) is 1.88. The Hall–Kier alpha value is -2.28. The van der Waals surface area contributed by atoms with Crippen LogP contribution in [-0.4, -0.2) is 33.4 Å². The maximum atomic E-state index is 12.5. The van der Waals surface area contributed by atoms with Crippen molar-refractivity contribution < 1.29 is 19.6 Å². The monoisotopic (exact) mass is 308 g/mol. The van der Waals surface area contributed by atoms with Crippen LogP contribution in [0.3, 0.4) is 0 Å². The summed E-state index contributed by atoms with van der Waals surface area (Å²) < 4.78 is 0. The number of nitrogens with zero attached hydrogens (tertiary/aromatic N) is 1. The fourth-order valence-electron chi connectivity index (χ4n) is 2.31. The number of carboxylic acids is 1. The van der Waals surface area contributed by atoms with Crippen LogP contribution in [0.1, 0.15) is 43.0 Å². The van der Waals surface area contributed by atoms with Gasteiger partial charge in [0.2, 0.25) is 17.4 Å².